The lowest BCUT2D eigenvalue weighted by Gasteiger charge is -2.33. The molecule has 0 aromatic carbocycles. The van der Waals surface area contributed by atoms with Gasteiger partial charge >= 0.3 is 0 Å². The maximum absolute atomic E-state index is 12.3. The molecule has 0 bridgehead atoms. The highest BCUT2D eigenvalue weighted by Gasteiger charge is 2.36. The van der Waals surface area contributed by atoms with Crippen LogP contribution < -0.4 is 5.32 Å². The summed E-state index contributed by atoms with van der Waals surface area (Å²) in [5, 5.41) is 13.4. The van der Waals surface area contributed by atoms with E-state index in [1.54, 1.807) is 0 Å². The third-order valence-corrected chi connectivity index (χ3v) is 5.00. The summed E-state index contributed by atoms with van der Waals surface area (Å²) in [6, 6.07) is 0.474. The van der Waals surface area contributed by atoms with Crippen molar-refractivity contribution in [3.8, 4) is 0 Å². The highest BCUT2D eigenvalue weighted by molar-refractivity contribution is 5.78. The van der Waals surface area contributed by atoms with Crippen LogP contribution >= 0.6 is 0 Å². The molecule has 4 nitrogen and oxygen atoms in total. The van der Waals surface area contributed by atoms with Crippen LogP contribution in [0.1, 0.15) is 71.6 Å². The van der Waals surface area contributed by atoms with Gasteiger partial charge in [-0.3, -0.25) is 9.69 Å². The molecule has 122 valence electrons. The summed E-state index contributed by atoms with van der Waals surface area (Å²) < 4.78 is 0. The smallest absolute Gasteiger partial charge is 0.234 e. The Kier molecular flexibility index (Phi) is 6.06. The van der Waals surface area contributed by atoms with Crippen LogP contribution in [0.4, 0.5) is 0 Å². The molecule has 0 aromatic heterocycles. The topological polar surface area (TPSA) is 52.6 Å². The first-order valence-corrected chi connectivity index (χ1v) is 8.72. The summed E-state index contributed by atoms with van der Waals surface area (Å²) in [5.74, 6) is 0.136. The average Bonchev–Trinajstić information content (AvgIpc) is 2.80. The van der Waals surface area contributed by atoms with E-state index >= 15 is 0 Å². The minimum absolute atomic E-state index is 0.112. The molecule has 2 fully saturated rings. The summed E-state index contributed by atoms with van der Waals surface area (Å²) in [6.07, 6.45) is 10.7. The van der Waals surface area contributed by atoms with Crippen molar-refractivity contribution in [2.45, 2.75) is 89.3 Å². The van der Waals surface area contributed by atoms with Gasteiger partial charge in [-0.1, -0.05) is 32.1 Å². The van der Waals surface area contributed by atoms with Gasteiger partial charge in [-0.05, 0) is 46.1 Å². The molecule has 2 rings (SSSR count). The molecule has 1 unspecified atom stereocenters. The molecule has 1 aliphatic carbocycles. The standard InChI is InChI=1S/C17H32N2O2/c1-17(2,21)15-11-8-12-19(15)13-16(20)18-14-9-6-4-3-5-7-10-14/h14-15,21H,3-13H2,1-2H3,(H,18,20). The van der Waals surface area contributed by atoms with Crippen LogP contribution in [0, 0.1) is 0 Å². The molecular formula is C17H32N2O2. The van der Waals surface area contributed by atoms with Gasteiger partial charge in [-0.15, -0.1) is 0 Å². The number of carbonyl (C=O) groups is 1. The molecule has 2 aliphatic rings. The van der Waals surface area contributed by atoms with E-state index in [0.29, 0.717) is 12.6 Å². The zero-order valence-electron chi connectivity index (χ0n) is 13.7. The highest BCUT2D eigenvalue weighted by atomic mass is 16.3. The van der Waals surface area contributed by atoms with Crippen LogP contribution in [0.15, 0.2) is 0 Å². The van der Waals surface area contributed by atoms with Crippen LogP contribution in [0.5, 0.6) is 0 Å². The largest absolute Gasteiger partial charge is 0.389 e. The van der Waals surface area contributed by atoms with Gasteiger partial charge in [0.1, 0.15) is 0 Å². The summed E-state index contributed by atoms with van der Waals surface area (Å²) >= 11 is 0. The van der Waals surface area contributed by atoms with Gasteiger partial charge in [0.25, 0.3) is 0 Å². The predicted octanol–water partition coefficient (Wildman–Crippen LogP) is 2.45. The van der Waals surface area contributed by atoms with Crippen LogP contribution in [0.25, 0.3) is 0 Å². The van der Waals surface area contributed by atoms with Crippen molar-refractivity contribution in [2.24, 2.45) is 0 Å². The zero-order chi connectivity index (χ0) is 15.3. The first kappa shape index (κ1) is 16.8. The Bertz CT molecular complexity index is 330. The number of nitrogens with zero attached hydrogens (tertiary/aromatic N) is 1. The molecule has 1 atom stereocenters. The number of likely N-dealkylation sites (tertiary alicyclic amines) is 1. The van der Waals surface area contributed by atoms with Crippen molar-refractivity contribution in [1.29, 1.82) is 0 Å². The van der Waals surface area contributed by atoms with Gasteiger partial charge in [0.2, 0.25) is 5.91 Å². The van der Waals surface area contributed by atoms with Crippen molar-refractivity contribution in [3.63, 3.8) is 0 Å². The lowest BCUT2D eigenvalue weighted by Crippen LogP contribution is -2.50. The number of aliphatic hydroxyl groups is 1. The molecule has 1 saturated carbocycles. The second kappa shape index (κ2) is 7.59. The fraction of sp³-hybridized carbons (Fsp3) is 0.941. The van der Waals surface area contributed by atoms with E-state index in [-0.39, 0.29) is 11.9 Å². The lowest BCUT2D eigenvalue weighted by atomic mass is 9.96. The molecular weight excluding hydrogens is 264 g/mol. The monoisotopic (exact) mass is 296 g/mol. The van der Waals surface area contributed by atoms with Crippen LogP contribution in [0.2, 0.25) is 0 Å². The molecule has 1 aliphatic heterocycles. The molecule has 0 radical (unpaired) electrons. The van der Waals surface area contributed by atoms with Crippen LogP contribution in [-0.2, 0) is 4.79 Å². The Morgan fingerprint density at radius 1 is 1.10 bits per heavy atom. The fourth-order valence-electron chi connectivity index (χ4n) is 3.87. The van der Waals surface area contributed by atoms with E-state index in [1.165, 1.54) is 32.1 Å². The average molecular weight is 296 g/mol. The van der Waals surface area contributed by atoms with E-state index in [9.17, 15) is 9.90 Å². The van der Waals surface area contributed by atoms with E-state index in [4.69, 9.17) is 0 Å². The van der Waals surface area contributed by atoms with Gasteiger partial charge in [0.05, 0.1) is 12.1 Å². The number of hydrogen-bond donors (Lipinski definition) is 2. The van der Waals surface area contributed by atoms with Gasteiger partial charge in [0.15, 0.2) is 0 Å². The second-order valence-corrected chi connectivity index (χ2v) is 7.39. The predicted molar refractivity (Wildman–Crippen MR) is 85.1 cm³/mol. The third kappa shape index (κ3) is 5.26. The number of hydrogen-bond acceptors (Lipinski definition) is 3. The quantitative estimate of drug-likeness (QED) is 0.838. The molecule has 1 saturated heterocycles. The summed E-state index contributed by atoms with van der Waals surface area (Å²) in [6.45, 7) is 5.06. The Morgan fingerprint density at radius 2 is 1.71 bits per heavy atom. The molecule has 2 N–H and O–H groups in total. The summed E-state index contributed by atoms with van der Waals surface area (Å²) in [4.78, 5) is 14.5. The number of nitrogens with one attached hydrogen (secondary N) is 1. The van der Waals surface area contributed by atoms with Gasteiger partial charge < -0.3 is 10.4 Å². The van der Waals surface area contributed by atoms with E-state index in [2.05, 4.69) is 10.2 Å². The molecule has 0 aromatic rings. The molecule has 1 heterocycles. The van der Waals surface area contributed by atoms with Gasteiger partial charge in [-0.2, -0.15) is 0 Å². The highest BCUT2D eigenvalue weighted by Crippen LogP contribution is 2.26. The molecule has 1 amide bonds. The van der Waals surface area contributed by atoms with Gasteiger partial charge in [-0.25, -0.2) is 0 Å². The first-order chi connectivity index (χ1) is 9.97. The van der Waals surface area contributed by atoms with Crippen molar-refractivity contribution in [1.82, 2.24) is 10.2 Å². The first-order valence-electron chi connectivity index (χ1n) is 8.72. The van der Waals surface area contributed by atoms with Crippen LogP contribution in [0.3, 0.4) is 0 Å². The fourth-order valence-corrected chi connectivity index (χ4v) is 3.87. The van der Waals surface area contributed by atoms with E-state index < -0.39 is 5.60 Å². The van der Waals surface area contributed by atoms with E-state index in [1.807, 2.05) is 13.8 Å². The maximum atomic E-state index is 12.3. The van der Waals surface area contributed by atoms with Crippen molar-refractivity contribution < 1.29 is 9.90 Å². The van der Waals surface area contributed by atoms with E-state index in [0.717, 1.165) is 32.2 Å². The lowest BCUT2D eigenvalue weighted by molar-refractivity contribution is -0.124. The van der Waals surface area contributed by atoms with Crippen LogP contribution in [-0.4, -0.2) is 46.7 Å². The van der Waals surface area contributed by atoms with Crippen molar-refractivity contribution >= 4 is 5.91 Å². The minimum Gasteiger partial charge on any atom is -0.389 e. The normalized spacial score (nSPS) is 26.3. The SMILES string of the molecule is CC(C)(O)C1CCCN1CC(=O)NC1CCCCCCC1. The number of carbonyl (C=O) groups excluding carboxylic acids is 1. The number of rotatable bonds is 4. The summed E-state index contributed by atoms with van der Waals surface area (Å²) in [7, 11) is 0. The Balaban J connectivity index is 1.80. The Hall–Kier alpha value is -0.610. The zero-order valence-corrected chi connectivity index (χ0v) is 13.7. The second-order valence-electron chi connectivity index (χ2n) is 7.39. The molecule has 0 spiro atoms. The maximum Gasteiger partial charge on any atom is 0.234 e. The Morgan fingerprint density at radius 3 is 2.33 bits per heavy atom. The number of amides is 1. The minimum atomic E-state index is -0.725. The third-order valence-electron chi connectivity index (χ3n) is 5.00. The van der Waals surface area contributed by atoms with Crippen molar-refractivity contribution in [3.05, 3.63) is 0 Å². The van der Waals surface area contributed by atoms with Gasteiger partial charge in [0, 0.05) is 12.1 Å². The molecule has 21 heavy (non-hydrogen) atoms. The summed E-state index contributed by atoms with van der Waals surface area (Å²) in [5.41, 5.74) is -0.725. The van der Waals surface area contributed by atoms with Crippen molar-refractivity contribution in [2.75, 3.05) is 13.1 Å². The Labute approximate surface area is 129 Å². The molecule has 4 heteroatoms.